The van der Waals surface area contributed by atoms with Gasteiger partial charge < -0.3 is 5.32 Å². The third-order valence-corrected chi connectivity index (χ3v) is 2.97. The molecule has 0 aliphatic carbocycles. The van der Waals surface area contributed by atoms with Crippen molar-refractivity contribution in [2.45, 2.75) is 6.92 Å². The van der Waals surface area contributed by atoms with Crippen LogP contribution >= 0.6 is 0 Å². The van der Waals surface area contributed by atoms with Crippen LogP contribution in [0, 0.1) is 17.0 Å². The fourth-order valence-electron chi connectivity index (χ4n) is 1.79. The van der Waals surface area contributed by atoms with Crippen LogP contribution in [0.15, 0.2) is 53.5 Å². The molecule has 0 amide bonds. The summed E-state index contributed by atoms with van der Waals surface area (Å²) in [6.45, 7) is 3.44. The molecule has 2 rings (SSSR count). The van der Waals surface area contributed by atoms with E-state index in [4.69, 9.17) is 0 Å². The number of nitro groups is 1. The van der Waals surface area contributed by atoms with Crippen molar-refractivity contribution in [3.63, 3.8) is 0 Å². The normalized spacial score (nSPS) is 10.7. The molecule has 0 aliphatic rings. The van der Waals surface area contributed by atoms with Crippen LogP contribution in [0.5, 0.6) is 0 Å². The molecule has 0 atom stereocenters. The SMILES string of the molecule is Cc1ccc(NCCN=Cc2ccc([N+](=O)[O-])cc2)cc1. The van der Waals surface area contributed by atoms with Gasteiger partial charge in [0.1, 0.15) is 0 Å². The zero-order valence-corrected chi connectivity index (χ0v) is 11.8. The summed E-state index contributed by atoms with van der Waals surface area (Å²) in [7, 11) is 0. The standard InChI is InChI=1S/C16H17N3O2/c1-13-2-6-15(7-3-13)18-11-10-17-12-14-4-8-16(9-5-14)19(20)21/h2-9,12,18H,10-11H2,1H3. The van der Waals surface area contributed by atoms with Gasteiger partial charge in [-0.25, -0.2) is 0 Å². The van der Waals surface area contributed by atoms with Crippen molar-refractivity contribution in [1.29, 1.82) is 0 Å². The molecule has 0 saturated heterocycles. The van der Waals surface area contributed by atoms with Crippen molar-refractivity contribution >= 4 is 17.6 Å². The van der Waals surface area contributed by atoms with E-state index >= 15 is 0 Å². The minimum Gasteiger partial charge on any atom is -0.383 e. The lowest BCUT2D eigenvalue weighted by atomic mass is 10.2. The number of nitro benzene ring substituents is 1. The topological polar surface area (TPSA) is 67.5 Å². The number of rotatable bonds is 6. The first kappa shape index (κ1) is 14.7. The van der Waals surface area contributed by atoms with Gasteiger partial charge in [-0.15, -0.1) is 0 Å². The van der Waals surface area contributed by atoms with E-state index in [1.54, 1.807) is 18.3 Å². The molecule has 1 N–H and O–H groups in total. The summed E-state index contributed by atoms with van der Waals surface area (Å²) in [5, 5.41) is 13.8. The number of hydrogen-bond donors (Lipinski definition) is 1. The second-order valence-electron chi connectivity index (χ2n) is 4.68. The van der Waals surface area contributed by atoms with Crippen LogP contribution in [0.25, 0.3) is 0 Å². The highest BCUT2D eigenvalue weighted by atomic mass is 16.6. The summed E-state index contributed by atoms with van der Waals surface area (Å²) in [6, 6.07) is 14.5. The highest BCUT2D eigenvalue weighted by Crippen LogP contribution is 2.10. The molecular weight excluding hydrogens is 266 g/mol. The quantitative estimate of drug-likeness (QED) is 0.382. The lowest BCUT2D eigenvalue weighted by Crippen LogP contribution is -2.04. The Morgan fingerprint density at radius 1 is 1.14 bits per heavy atom. The van der Waals surface area contributed by atoms with Crippen LogP contribution in [0.1, 0.15) is 11.1 Å². The van der Waals surface area contributed by atoms with Gasteiger partial charge in [-0.3, -0.25) is 15.1 Å². The molecule has 108 valence electrons. The number of hydrogen-bond acceptors (Lipinski definition) is 4. The maximum Gasteiger partial charge on any atom is 0.269 e. The van der Waals surface area contributed by atoms with E-state index in [0.717, 1.165) is 17.8 Å². The summed E-state index contributed by atoms with van der Waals surface area (Å²) in [5.74, 6) is 0. The monoisotopic (exact) mass is 283 g/mol. The molecule has 0 bridgehead atoms. The van der Waals surface area contributed by atoms with Crippen molar-refractivity contribution in [1.82, 2.24) is 0 Å². The van der Waals surface area contributed by atoms with Crippen molar-refractivity contribution in [2.24, 2.45) is 4.99 Å². The molecule has 0 spiro atoms. The van der Waals surface area contributed by atoms with E-state index in [2.05, 4.69) is 29.4 Å². The molecular formula is C16H17N3O2. The third kappa shape index (κ3) is 4.72. The highest BCUT2D eigenvalue weighted by molar-refractivity contribution is 5.79. The molecule has 5 nitrogen and oxygen atoms in total. The Morgan fingerprint density at radius 2 is 1.81 bits per heavy atom. The summed E-state index contributed by atoms with van der Waals surface area (Å²) >= 11 is 0. The van der Waals surface area contributed by atoms with Gasteiger partial charge in [0, 0.05) is 30.6 Å². The van der Waals surface area contributed by atoms with Crippen molar-refractivity contribution in [2.75, 3.05) is 18.4 Å². The van der Waals surface area contributed by atoms with Gasteiger partial charge in [-0.2, -0.15) is 0 Å². The van der Waals surface area contributed by atoms with E-state index in [1.807, 2.05) is 12.1 Å². The lowest BCUT2D eigenvalue weighted by molar-refractivity contribution is -0.384. The predicted octanol–water partition coefficient (Wildman–Crippen LogP) is 3.43. The number of aliphatic imine (C=N–C) groups is 1. The molecule has 0 unspecified atom stereocenters. The van der Waals surface area contributed by atoms with E-state index in [-0.39, 0.29) is 5.69 Å². The van der Waals surface area contributed by atoms with Crippen LogP contribution in [-0.4, -0.2) is 24.2 Å². The Balaban J connectivity index is 1.77. The second-order valence-corrected chi connectivity index (χ2v) is 4.68. The average Bonchev–Trinajstić information content (AvgIpc) is 2.49. The van der Waals surface area contributed by atoms with E-state index in [9.17, 15) is 10.1 Å². The molecule has 0 radical (unpaired) electrons. The summed E-state index contributed by atoms with van der Waals surface area (Å²) in [4.78, 5) is 14.4. The molecule has 0 aromatic heterocycles. The second kappa shape index (κ2) is 7.19. The molecule has 2 aromatic carbocycles. The zero-order valence-electron chi connectivity index (χ0n) is 11.8. The van der Waals surface area contributed by atoms with Crippen LogP contribution in [0.3, 0.4) is 0 Å². The fraction of sp³-hybridized carbons (Fsp3) is 0.188. The van der Waals surface area contributed by atoms with Gasteiger partial charge in [0.15, 0.2) is 0 Å². The average molecular weight is 283 g/mol. The number of nitrogens with one attached hydrogen (secondary N) is 1. The third-order valence-electron chi connectivity index (χ3n) is 2.97. The van der Waals surface area contributed by atoms with Crippen molar-refractivity contribution in [3.8, 4) is 0 Å². The smallest absolute Gasteiger partial charge is 0.269 e. The highest BCUT2D eigenvalue weighted by Gasteiger charge is 2.02. The molecule has 0 heterocycles. The Bertz CT molecular complexity index is 619. The summed E-state index contributed by atoms with van der Waals surface area (Å²) in [5.41, 5.74) is 3.26. The number of benzene rings is 2. The molecule has 0 fully saturated rings. The maximum absolute atomic E-state index is 10.5. The van der Waals surface area contributed by atoms with Gasteiger partial charge >= 0.3 is 0 Å². The Hall–Kier alpha value is -2.69. The minimum absolute atomic E-state index is 0.0909. The molecule has 0 aliphatic heterocycles. The van der Waals surface area contributed by atoms with Crippen LogP contribution in [0.4, 0.5) is 11.4 Å². The number of nitrogens with zero attached hydrogens (tertiary/aromatic N) is 2. The number of non-ortho nitro benzene ring substituents is 1. The molecule has 21 heavy (non-hydrogen) atoms. The van der Waals surface area contributed by atoms with Crippen LogP contribution in [-0.2, 0) is 0 Å². The molecule has 0 saturated carbocycles. The first-order valence-electron chi connectivity index (χ1n) is 6.70. The zero-order chi connectivity index (χ0) is 15.1. The Morgan fingerprint density at radius 3 is 2.43 bits per heavy atom. The van der Waals surface area contributed by atoms with Gasteiger partial charge in [-0.05, 0) is 36.8 Å². The van der Waals surface area contributed by atoms with E-state index in [1.165, 1.54) is 17.7 Å². The fourth-order valence-corrected chi connectivity index (χ4v) is 1.79. The Kier molecular flexibility index (Phi) is 5.04. The summed E-state index contributed by atoms with van der Waals surface area (Å²) < 4.78 is 0. The van der Waals surface area contributed by atoms with Crippen LogP contribution < -0.4 is 5.32 Å². The first-order chi connectivity index (χ1) is 10.1. The Labute approximate surface area is 123 Å². The van der Waals surface area contributed by atoms with Crippen LogP contribution in [0.2, 0.25) is 0 Å². The van der Waals surface area contributed by atoms with Crippen molar-refractivity contribution < 1.29 is 4.92 Å². The lowest BCUT2D eigenvalue weighted by Gasteiger charge is -2.04. The van der Waals surface area contributed by atoms with E-state index in [0.29, 0.717) is 6.54 Å². The predicted molar refractivity (Wildman–Crippen MR) is 85.2 cm³/mol. The van der Waals surface area contributed by atoms with Crippen molar-refractivity contribution in [3.05, 3.63) is 69.8 Å². The molecule has 2 aromatic rings. The maximum atomic E-state index is 10.5. The summed E-state index contributed by atoms with van der Waals surface area (Å²) in [6.07, 6.45) is 1.72. The largest absolute Gasteiger partial charge is 0.383 e. The first-order valence-corrected chi connectivity index (χ1v) is 6.70. The number of aryl methyl sites for hydroxylation is 1. The van der Waals surface area contributed by atoms with Gasteiger partial charge in [0.05, 0.1) is 11.5 Å². The number of anilines is 1. The van der Waals surface area contributed by atoms with Gasteiger partial charge in [0.2, 0.25) is 0 Å². The van der Waals surface area contributed by atoms with E-state index < -0.39 is 4.92 Å². The molecule has 5 heteroatoms. The van der Waals surface area contributed by atoms with Gasteiger partial charge in [0.25, 0.3) is 5.69 Å². The minimum atomic E-state index is -0.410. The van der Waals surface area contributed by atoms with Gasteiger partial charge in [-0.1, -0.05) is 17.7 Å².